The number of hydrogen-bond donors (Lipinski definition) is 0. The first-order valence-corrected chi connectivity index (χ1v) is 6.85. The Labute approximate surface area is 60.9 Å². The first kappa shape index (κ1) is 8.76. The van der Waals surface area contributed by atoms with Gasteiger partial charge in [0.05, 0.1) is 0 Å². The van der Waals surface area contributed by atoms with Crippen molar-refractivity contribution in [2.24, 2.45) is 0 Å². The van der Waals surface area contributed by atoms with Crippen LogP contribution in [0.1, 0.15) is 6.42 Å². The Morgan fingerprint density at radius 2 is 2.12 bits per heavy atom. The number of rotatable bonds is 4. The number of halogens is 2. The highest BCUT2D eigenvalue weighted by Crippen LogP contribution is 2.05. The van der Waals surface area contributed by atoms with Crippen molar-refractivity contribution in [1.82, 2.24) is 0 Å². The largest absolute Gasteiger partial charge is 0.385 e. The summed E-state index contributed by atoms with van der Waals surface area (Å²) >= 11 is 11.1. The van der Waals surface area contributed by atoms with E-state index < -0.39 is 7.42 Å². The van der Waals surface area contributed by atoms with Crippen LogP contribution in [0.25, 0.3) is 0 Å². The fourth-order valence-electron chi connectivity index (χ4n) is 0.382. The number of ether oxygens (including phenoxy) is 1. The van der Waals surface area contributed by atoms with Gasteiger partial charge in [-0.15, -0.1) is 0 Å². The highest BCUT2D eigenvalue weighted by molar-refractivity contribution is 7.33. The van der Waals surface area contributed by atoms with Gasteiger partial charge < -0.3 is 4.74 Å². The molecule has 8 heavy (non-hydrogen) atoms. The first-order chi connectivity index (χ1) is 3.77. The minimum absolute atomic E-state index is 0.781. The first-order valence-electron chi connectivity index (χ1n) is 2.54. The molecule has 0 saturated heterocycles. The molecule has 50 valence electrons. The molecule has 0 aromatic carbocycles. The standard InChI is InChI=1S/C4H10Cl2OSi/c1-7-3-2-4-8(5)6/h8H,2-4H2,1H3. The Balaban J connectivity index is 2.72. The molecule has 0 aromatic rings. The Morgan fingerprint density at radius 3 is 2.50 bits per heavy atom. The molecular formula is C4H10Cl2OSi. The van der Waals surface area contributed by atoms with Gasteiger partial charge in [0.15, 0.2) is 0 Å². The van der Waals surface area contributed by atoms with Crippen molar-refractivity contribution in [2.75, 3.05) is 13.7 Å². The molecule has 0 rings (SSSR count). The van der Waals surface area contributed by atoms with Crippen LogP contribution >= 0.6 is 22.2 Å². The van der Waals surface area contributed by atoms with Crippen molar-refractivity contribution in [1.29, 1.82) is 0 Å². The quantitative estimate of drug-likeness (QED) is 0.357. The predicted octanol–water partition coefficient (Wildman–Crippen LogP) is 1.72. The molecule has 0 bridgehead atoms. The summed E-state index contributed by atoms with van der Waals surface area (Å²) in [5, 5.41) is 0. The summed E-state index contributed by atoms with van der Waals surface area (Å²) in [6.07, 6.45) is 1.00. The molecule has 0 radical (unpaired) electrons. The second kappa shape index (κ2) is 5.89. The zero-order valence-corrected chi connectivity index (χ0v) is 7.53. The van der Waals surface area contributed by atoms with Gasteiger partial charge in [0.25, 0.3) is 0 Å². The van der Waals surface area contributed by atoms with Crippen LogP contribution < -0.4 is 0 Å². The average Bonchev–Trinajstić information content (AvgIpc) is 1.66. The summed E-state index contributed by atoms with van der Waals surface area (Å²) in [6, 6.07) is 0.955. The van der Waals surface area contributed by atoms with E-state index in [1.807, 2.05) is 0 Å². The Kier molecular flexibility index (Phi) is 6.44. The Morgan fingerprint density at radius 1 is 1.50 bits per heavy atom. The summed E-state index contributed by atoms with van der Waals surface area (Å²) in [4.78, 5) is 0. The third-order valence-corrected chi connectivity index (χ3v) is 2.92. The van der Waals surface area contributed by atoms with Crippen LogP contribution in [-0.4, -0.2) is 21.1 Å². The van der Waals surface area contributed by atoms with Crippen LogP contribution in [0.5, 0.6) is 0 Å². The molecule has 0 heterocycles. The molecule has 0 atom stereocenters. The van der Waals surface area contributed by atoms with Crippen LogP contribution in [0.4, 0.5) is 0 Å². The van der Waals surface area contributed by atoms with Crippen molar-refractivity contribution in [2.45, 2.75) is 12.5 Å². The highest BCUT2D eigenvalue weighted by atomic mass is 35.7. The van der Waals surface area contributed by atoms with E-state index in [0.717, 1.165) is 19.1 Å². The van der Waals surface area contributed by atoms with Gasteiger partial charge in [-0.1, -0.05) is 0 Å². The second-order valence-electron chi connectivity index (χ2n) is 1.53. The molecule has 0 aromatic heterocycles. The number of hydrogen-bond acceptors (Lipinski definition) is 1. The lowest BCUT2D eigenvalue weighted by Gasteiger charge is -1.96. The molecule has 0 saturated carbocycles. The van der Waals surface area contributed by atoms with E-state index in [1.54, 1.807) is 7.11 Å². The maximum Gasteiger partial charge on any atom is 0.237 e. The normalized spacial score (nSPS) is 10.5. The maximum absolute atomic E-state index is 5.56. The maximum atomic E-state index is 5.56. The highest BCUT2D eigenvalue weighted by Gasteiger charge is 1.98. The molecule has 0 fully saturated rings. The zero-order chi connectivity index (χ0) is 6.41. The van der Waals surface area contributed by atoms with Crippen LogP contribution in [-0.2, 0) is 4.74 Å². The second-order valence-corrected chi connectivity index (χ2v) is 6.72. The Bertz CT molecular complexity index is 51.3. The van der Waals surface area contributed by atoms with E-state index >= 15 is 0 Å². The van der Waals surface area contributed by atoms with Gasteiger partial charge in [0.2, 0.25) is 7.42 Å². The molecule has 0 aliphatic heterocycles. The molecule has 4 heteroatoms. The van der Waals surface area contributed by atoms with Gasteiger partial charge >= 0.3 is 0 Å². The number of methoxy groups -OCH3 is 1. The summed E-state index contributed by atoms with van der Waals surface area (Å²) in [5.41, 5.74) is 0. The van der Waals surface area contributed by atoms with Gasteiger partial charge in [-0.25, -0.2) is 0 Å². The SMILES string of the molecule is COCCC[SiH](Cl)Cl. The van der Waals surface area contributed by atoms with Gasteiger partial charge in [0.1, 0.15) is 0 Å². The monoisotopic (exact) mass is 172 g/mol. The summed E-state index contributed by atoms with van der Waals surface area (Å²) < 4.78 is 4.80. The van der Waals surface area contributed by atoms with E-state index in [2.05, 4.69) is 0 Å². The van der Waals surface area contributed by atoms with Gasteiger partial charge in [0, 0.05) is 13.7 Å². The van der Waals surface area contributed by atoms with E-state index in [9.17, 15) is 0 Å². The van der Waals surface area contributed by atoms with Crippen LogP contribution in [0.2, 0.25) is 6.04 Å². The Hall–Kier alpha value is 0.757. The third-order valence-electron chi connectivity index (χ3n) is 0.771. The smallest absolute Gasteiger partial charge is 0.237 e. The fourth-order valence-corrected chi connectivity index (χ4v) is 1.78. The van der Waals surface area contributed by atoms with Gasteiger partial charge in [-0.05, 0) is 12.5 Å². The molecule has 0 aliphatic carbocycles. The zero-order valence-electron chi connectivity index (χ0n) is 4.86. The average molecular weight is 173 g/mol. The molecule has 1 nitrogen and oxygen atoms in total. The molecule has 0 unspecified atom stereocenters. The van der Waals surface area contributed by atoms with Crippen molar-refractivity contribution in [3.05, 3.63) is 0 Å². The minimum atomic E-state index is -1.34. The fraction of sp³-hybridized carbons (Fsp3) is 1.00. The summed E-state index contributed by atoms with van der Waals surface area (Å²) in [5.74, 6) is 0. The topological polar surface area (TPSA) is 9.23 Å². The lowest BCUT2D eigenvalue weighted by atomic mass is 10.5. The van der Waals surface area contributed by atoms with Gasteiger partial charge in [-0.3, -0.25) is 0 Å². The van der Waals surface area contributed by atoms with Crippen LogP contribution in [0.15, 0.2) is 0 Å². The third kappa shape index (κ3) is 6.76. The van der Waals surface area contributed by atoms with E-state index in [-0.39, 0.29) is 0 Å². The summed E-state index contributed by atoms with van der Waals surface area (Å²) in [7, 11) is 0.342. The lowest BCUT2D eigenvalue weighted by molar-refractivity contribution is 0.199. The molecule has 0 N–H and O–H groups in total. The van der Waals surface area contributed by atoms with Crippen molar-refractivity contribution >= 4 is 29.6 Å². The molecular weight excluding hydrogens is 163 g/mol. The van der Waals surface area contributed by atoms with Crippen LogP contribution in [0.3, 0.4) is 0 Å². The minimum Gasteiger partial charge on any atom is -0.385 e. The predicted molar refractivity (Wildman–Crippen MR) is 40.2 cm³/mol. The molecule has 0 aliphatic rings. The van der Waals surface area contributed by atoms with Crippen LogP contribution in [0, 0.1) is 0 Å². The van der Waals surface area contributed by atoms with Crippen molar-refractivity contribution in [3.63, 3.8) is 0 Å². The van der Waals surface area contributed by atoms with Crippen molar-refractivity contribution in [3.8, 4) is 0 Å². The van der Waals surface area contributed by atoms with Crippen molar-refractivity contribution < 1.29 is 4.74 Å². The van der Waals surface area contributed by atoms with E-state index in [0.29, 0.717) is 0 Å². The summed E-state index contributed by atoms with van der Waals surface area (Å²) in [6.45, 7) is 0.781. The lowest BCUT2D eigenvalue weighted by Crippen LogP contribution is -1.95. The molecule has 0 spiro atoms. The molecule has 0 amide bonds. The van der Waals surface area contributed by atoms with E-state index in [1.165, 1.54) is 0 Å². The van der Waals surface area contributed by atoms with Gasteiger partial charge in [-0.2, -0.15) is 22.2 Å². The van der Waals surface area contributed by atoms with E-state index in [4.69, 9.17) is 26.9 Å².